The fourth-order valence-corrected chi connectivity index (χ4v) is 0.822. The molecular formula is C8H10F2N2O. The molecule has 0 saturated heterocycles. The van der Waals surface area contributed by atoms with Gasteiger partial charge in [-0.25, -0.2) is 4.98 Å². The highest BCUT2D eigenvalue weighted by atomic mass is 19.3. The molecule has 0 aromatic carbocycles. The lowest BCUT2D eigenvalue weighted by Crippen LogP contribution is -2.07. The number of ether oxygens (including phenoxy) is 1. The molecule has 0 saturated carbocycles. The highest BCUT2D eigenvalue weighted by Gasteiger charge is 2.05. The number of rotatable bonds is 3. The third-order valence-corrected chi connectivity index (χ3v) is 1.49. The standard InChI is InChI=1S/C8H10F2N2O/c1-5(11)6-2-3-7(12-4-6)13-8(9)10/h2-5,8H,11H2,1H3/t5-/m0/s1. The van der Waals surface area contributed by atoms with Crippen LogP contribution >= 0.6 is 0 Å². The molecule has 1 heterocycles. The predicted octanol–water partition coefficient (Wildman–Crippen LogP) is 1.70. The van der Waals surface area contributed by atoms with Gasteiger partial charge in [0.05, 0.1) is 0 Å². The van der Waals surface area contributed by atoms with Crippen LogP contribution in [0.5, 0.6) is 5.88 Å². The lowest BCUT2D eigenvalue weighted by molar-refractivity contribution is -0.0528. The molecular weight excluding hydrogens is 178 g/mol. The number of aromatic nitrogens is 1. The van der Waals surface area contributed by atoms with E-state index in [1.54, 1.807) is 13.0 Å². The topological polar surface area (TPSA) is 48.1 Å². The van der Waals surface area contributed by atoms with Gasteiger partial charge in [-0.2, -0.15) is 8.78 Å². The summed E-state index contributed by atoms with van der Waals surface area (Å²) >= 11 is 0. The minimum Gasteiger partial charge on any atom is -0.417 e. The van der Waals surface area contributed by atoms with Gasteiger partial charge in [0.15, 0.2) is 0 Å². The van der Waals surface area contributed by atoms with E-state index in [1.165, 1.54) is 12.3 Å². The molecule has 5 heteroatoms. The Balaban J connectivity index is 2.70. The summed E-state index contributed by atoms with van der Waals surface area (Å²) in [7, 11) is 0. The second-order valence-corrected chi connectivity index (χ2v) is 2.60. The number of nitrogens with zero attached hydrogens (tertiary/aromatic N) is 1. The molecule has 3 nitrogen and oxygen atoms in total. The Labute approximate surface area is 74.5 Å². The molecule has 0 amide bonds. The Hall–Kier alpha value is -1.23. The first-order valence-electron chi connectivity index (χ1n) is 3.76. The molecule has 0 aliphatic carbocycles. The lowest BCUT2D eigenvalue weighted by atomic mass is 10.2. The Kier molecular flexibility index (Phi) is 3.13. The van der Waals surface area contributed by atoms with E-state index in [4.69, 9.17) is 5.73 Å². The molecule has 0 fully saturated rings. The van der Waals surface area contributed by atoms with Crippen molar-refractivity contribution in [3.63, 3.8) is 0 Å². The van der Waals surface area contributed by atoms with E-state index < -0.39 is 6.61 Å². The first-order valence-corrected chi connectivity index (χ1v) is 3.76. The van der Waals surface area contributed by atoms with Crippen molar-refractivity contribution in [2.45, 2.75) is 19.6 Å². The molecule has 1 atom stereocenters. The van der Waals surface area contributed by atoms with Gasteiger partial charge in [-0.1, -0.05) is 6.07 Å². The van der Waals surface area contributed by atoms with Crippen LogP contribution in [0.1, 0.15) is 18.5 Å². The van der Waals surface area contributed by atoms with E-state index in [0.717, 1.165) is 5.56 Å². The highest BCUT2D eigenvalue weighted by Crippen LogP contribution is 2.13. The van der Waals surface area contributed by atoms with Gasteiger partial charge in [0.25, 0.3) is 0 Å². The van der Waals surface area contributed by atoms with Crippen molar-refractivity contribution in [2.75, 3.05) is 0 Å². The maximum Gasteiger partial charge on any atom is 0.388 e. The Morgan fingerprint density at radius 2 is 2.15 bits per heavy atom. The molecule has 1 rings (SSSR count). The van der Waals surface area contributed by atoms with Crippen molar-refractivity contribution in [1.29, 1.82) is 0 Å². The normalized spacial score (nSPS) is 13.0. The fourth-order valence-electron chi connectivity index (χ4n) is 0.822. The molecule has 1 aromatic heterocycles. The largest absolute Gasteiger partial charge is 0.417 e. The van der Waals surface area contributed by atoms with Gasteiger partial charge in [-0.05, 0) is 12.5 Å². The van der Waals surface area contributed by atoms with Crippen molar-refractivity contribution in [3.05, 3.63) is 23.9 Å². The van der Waals surface area contributed by atoms with Crippen LogP contribution in [-0.2, 0) is 0 Å². The van der Waals surface area contributed by atoms with Crippen molar-refractivity contribution in [1.82, 2.24) is 4.98 Å². The maximum atomic E-state index is 11.7. The molecule has 0 spiro atoms. The van der Waals surface area contributed by atoms with Gasteiger partial charge in [-0.3, -0.25) is 0 Å². The van der Waals surface area contributed by atoms with Crippen LogP contribution in [0, 0.1) is 0 Å². The third-order valence-electron chi connectivity index (χ3n) is 1.49. The van der Waals surface area contributed by atoms with Crippen LogP contribution < -0.4 is 10.5 Å². The van der Waals surface area contributed by atoms with Gasteiger partial charge < -0.3 is 10.5 Å². The minimum atomic E-state index is -2.84. The van der Waals surface area contributed by atoms with E-state index in [1.807, 2.05) is 0 Å². The molecule has 2 N–H and O–H groups in total. The van der Waals surface area contributed by atoms with E-state index in [-0.39, 0.29) is 11.9 Å². The summed E-state index contributed by atoms with van der Waals surface area (Å²) in [6.07, 6.45) is 1.42. The van der Waals surface area contributed by atoms with Gasteiger partial charge in [0, 0.05) is 18.3 Å². The summed E-state index contributed by atoms with van der Waals surface area (Å²) in [5, 5.41) is 0. The van der Waals surface area contributed by atoms with Gasteiger partial charge in [0.2, 0.25) is 5.88 Å². The number of alkyl halides is 2. The molecule has 0 bridgehead atoms. The zero-order chi connectivity index (χ0) is 9.84. The Bertz CT molecular complexity index is 261. The van der Waals surface area contributed by atoms with E-state index in [9.17, 15) is 8.78 Å². The third kappa shape index (κ3) is 2.95. The van der Waals surface area contributed by atoms with Gasteiger partial charge >= 0.3 is 6.61 Å². The Morgan fingerprint density at radius 3 is 2.54 bits per heavy atom. The van der Waals surface area contributed by atoms with Crippen LogP contribution in [-0.4, -0.2) is 11.6 Å². The average molecular weight is 188 g/mol. The molecule has 0 unspecified atom stereocenters. The number of hydrogen-bond acceptors (Lipinski definition) is 3. The Morgan fingerprint density at radius 1 is 1.46 bits per heavy atom. The van der Waals surface area contributed by atoms with Gasteiger partial charge in [-0.15, -0.1) is 0 Å². The van der Waals surface area contributed by atoms with E-state index in [2.05, 4.69) is 9.72 Å². The second kappa shape index (κ2) is 4.13. The molecule has 13 heavy (non-hydrogen) atoms. The summed E-state index contributed by atoms with van der Waals surface area (Å²) in [5.41, 5.74) is 6.32. The molecule has 1 aromatic rings. The van der Waals surface area contributed by atoms with Crippen molar-refractivity contribution in [3.8, 4) is 5.88 Å². The molecule has 0 aliphatic heterocycles. The van der Waals surface area contributed by atoms with Crippen LogP contribution in [0.3, 0.4) is 0 Å². The van der Waals surface area contributed by atoms with Crippen molar-refractivity contribution < 1.29 is 13.5 Å². The molecule has 72 valence electrons. The zero-order valence-electron chi connectivity index (χ0n) is 7.08. The lowest BCUT2D eigenvalue weighted by Gasteiger charge is -2.06. The number of hydrogen-bond donors (Lipinski definition) is 1. The van der Waals surface area contributed by atoms with Crippen LogP contribution in [0.25, 0.3) is 0 Å². The number of halogens is 2. The van der Waals surface area contributed by atoms with Crippen LogP contribution in [0.2, 0.25) is 0 Å². The summed E-state index contributed by atoms with van der Waals surface area (Å²) < 4.78 is 27.4. The number of pyridine rings is 1. The number of nitrogens with two attached hydrogens (primary N) is 1. The van der Waals surface area contributed by atoms with Crippen molar-refractivity contribution >= 4 is 0 Å². The molecule has 0 radical (unpaired) electrons. The fraction of sp³-hybridized carbons (Fsp3) is 0.375. The summed E-state index contributed by atoms with van der Waals surface area (Å²) in [4.78, 5) is 3.66. The summed E-state index contributed by atoms with van der Waals surface area (Å²) in [6.45, 7) is -1.06. The van der Waals surface area contributed by atoms with Gasteiger partial charge in [0.1, 0.15) is 0 Å². The quantitative estimate of drug-likeness (QED) is 0.785. The maximum absolute atomic E-state index is 11.7. The predicted molar refractivity (Wildman–Crippen MR) is 43.5 cm³/mol. The zero-order valence-corrected chi connectivity index (χ0v) is 7.08. The second-order valence-electron chi connectivity index (χ2n) is 2.60. The highest BCUT2D eigenvalue weighted by molar-refractivity contribution is 5.19. The van der Waals surface area contributed by atoms with Crippen LogP contribution in [0.4, 0.5) is 8.78 Å². The van der Waals surface area contributed by atoms with E-state index >= 15 is 0 Å². The first-order chi connectivity index (χ1) is 6.09. The summed E-state index contributed by atoms with van der Waals surface area (Å²) in [6, 6.07) is 2.81. The first kappa shape index (κ1) is 9.85. The monoisotopic (exact) mass is 188 g/mol. The van der Waals surface area contributed by atoms with Crippen LogP contribution in [0.15, 0.2) is 18.3 Å². The van der Waals surface area contributed by atoms with E-state index in [0.29, 0.717) is 0 Å². The average Bonchev–Trinajstić information content (AvgIpc) is 2.04. The van der Waals surface area contributed by atoms with Crippen molar-refractivity contribution in [2.24, 2.45) is 5.73 Å². The molecule has 0 aliphatic rings. The summed E-state index contributed by atoms with van der Waals surface area (Å²) in [5.74, 6) is -0.0978. The minimum absolute atomic E-state index is 0.0978. The SMILES string of the molecule is C[C@H](N)c1ccc(OC(F)F)nc1. The smallest absolute Gasteiger partial charge is 0.388 e.